The second-order valence-corrected chi connectivity index (χ2v) is 3.79. The number of alkyl halides is 3. The van der Waals surface area contributed by atoms with Crippen LogP contribution in [-0.2, 0) is 12.6 Å². The molecule has 1 aromatic carbocycles. The van der Waals surface area contributed by atoms with E-state index in [4.69, 9.17) is 0 Å². The third-order valence-corrected chi connectivity index (χ3v) is 2.90. The molecule has 0 radical (unpaired) electrons. The molecule has 1 atom stereocenters. The highest BCUT2D eigenvalue weighted by Crippen LogP contribution is 2.36. The van der Waals surface area contributed by atoms with Crippen LogP contribution in [0.25, 0.3) is 0 Å². The molecular formula is C11H12F3N. The Hall–Kier alpha value is -1.03. The van der Waals surface area contributed by atoms with Crippen LogP contribution in [0.4, 0.5) is 13.2 Å². The molecule has 15 heavy (non-hydrogen) atoms. The maximum absolute atomic E-state index is 12.4. The zero-order valence-corrected chi connectivity index (χ0v) is 8.36. The SMILES string of the molecule is CNC1CCc2cc(C(F)(F)F)ccc21. The average Bonchev–Trinajstić information content (AvgIpc) is 2.58. The van der Waals surface area contributed by atoms with E-state index in [0.29, 0.717) is 0 Å². The number of aryl methyl sites for hydroxylation is 1. The molecular weight excluding hydrogens is 203 g/mol. The van der Waals surface area contributed by atoms with Gasteiger partial charge in [-0.1, -0.05) is 6.07 Å². The minimum Gasteiger partial charge on any atom is -0.313 e. The van der Waals surface area contributed by atoms with Crippen molar-refractivity contribution in [3.05, 3.63) is 34.9 Å². The number of hydrogen-bond donors (Lipinski definition) is 1. The molecule has 1 aliphatic carbocycles. The first-order valence-corrected chi connectivity index (χ1v) is 4.89. The Morgan fingerprint density at radius 1 is 1.33 bits per heavy atom. The fourth-order valence-electron chi connectivity index (χ4n) is 2.09. The summed E-state index contributed by atoms with van der Waals surface area (Å²) in [5, 5.41) is 3.10. The molecule has 1 nitrogen and oxygen atoms in total. The van der Waals surface area contributed by atoms with Crippen LogP contribution in [0.3, 0.4) is 0 Å². The number of benzene rings is 1. The Kier molecular flexibility index (Phi) is 2.46. The normalized spacial score (nSPS) is 20.4. The predicted octanol–water partition coefficient (Wildman–Crippen LogP) is 2.91. The molecule has 0 aliphatic heterocycles. The maximum Gasteiger partial charge on any atom is 0.416 e. The lowest BCUT2D eigenvalue weighted by Crippen LogP contribution is -2.13. The van der Waals surface area contributed by atoms with Crippen LogP contribution >= 0.6 is 0 Å². The molecule has 0 spiro atoms. The van der Waals surface area contributed by atoms with Gasteiger partial charge in [0.05, 0.1) is 5.56 Å². The molecule has 2 rings (SSSR count). The second-order valence-electron chi connectivity index (χ2n) is 3.79. The van der Waals surface area contributed by atoms with Crippen molar-refractivity contribution in [1.82, 2.24) is 5.32 Å². The molecule has 0 aromatic heterocycles. The summed E-state index contributed by atoms with van der Waals surface area (Å²) in [7, 11) is 1.83. The highest BCUT2D eigenvalue weighted by atomic mass is 19.4. The summed E-state index contributed by atoms with van der Waals surface area (Å²) in [5.74, 6) is 0. The van der Waals surface area contributed by atoms with Gasteiger partial charge in [0.1, 0.15) is 0 Å². The van der Waals surface area contributed by atoms with Crippen molar-refractivity contribution >= 4 is 0 Å². The standard InChI is InChI=1S/C11H12F3N/c1-15-10-5-2-7-6-8(11(12,13)14)3-4-9(7)10/h3-4,6,10,15H,2,5H2,1H3. The summed E-state index contributed by atoms with van der Waals surface area (Å²) in [6, 6.07) is 4.23. The Labute approximate surface area is 86.3 Å². The summed E-state index contributed by atoms with van der Waals surface area (Å²) in [5.41, 5.74) is 1.28. The van der Waals surface area contributed by atoms with Gasteiger partial charge in [-0.3, -0.25) is 0 Å². The quantitative estimate of drug-likeness (QED) is 0.759. The van der Waals surface area contributed by atoms with Gasteiger partial charge < -0.3 is 5.32 Å². The summed E-state index contributed by atoms with van der Waals surface area (Å²) in [6.07, 6.45) is -2.62. The molecule has 82 valence electrons. The summed E-state index contributed by atoms with van der Waals surface area (Å²) in [4.78, 5) is 0. The Morgan fingerprint density at radius 2 is 2.07 bits per heavy atom. The highest BCUT2D eigenvalue weighted by molar-refractivity contribution is 5.38. The Balaban J connectivity index is 2.37. The molecule has 1 aliphatic rings. The predicted molar refractivity (Wildman–Crippen MR) is 51.6 cm³/mol. The van der Waals surface area contributed by atoms with Gasteiger partial charge in [0.25, 0.3) is 0 Å². The molecule has 0 saturated heterocycles. The Morgan fingerprint density at radius 3 is 2.67 bits per heavy atom. The topological polar surface area (TPSA) is 12.0 Å². The summed E-state index contributed by atoms with van der Waals surface area (Å²) in [6.45, 7) is 0. The van der Waals surface area contributed by atoms with Crippen LogP contribution in [0, 0.1) is 0 Å². The molecule has 0 fully saturated rings. The van der Waals surface area contributed by atoms with Gasteiger partial charge in [0.2, 0.25) is 0 Å². The fraction of sp³-hybridized carbons (Fsp3) is 0.455. The number of fused-ring (bicyclic) bond motifs is 1. The number of nitrogens with one attached hydrogen (secondary N) is 1. The smallest absolute Gasteiger partial charge is 0.313 e. The molecule has 0 bridgehead atoms. The largest absolute Gasteiger partial charge is 0.416 e. The van der Waals surface area contributed by atoms with Gasteiger partial charge in [-0.15, -0.1) is 0 Å². The first-order chi connectivity index (χ1) is 7.02. The zero-order chi connectivity index (χ0) is 11.1. The van der Waals surface area contributed by atoms with Crippen molar-refractivity contribution in [3.8, 4) is 0 Å². The highest BCUT2D eigenvalue weighted by Gasteiger charge is 2.32. The number of hydrogen-bond acceptors (Lipinski definition) is 1. The van der Waals surface area contributed by atoms with Gasteiger partial charge in [-0.25, -0.2) is 0 Å². The van der Waals surface area contributed by atoms with E-state index < -0.39 is 11.7 Å². The van der Waals surface area contributed by atoms with E-state index in [0.717, 1.165) is 30.0 Å². The maximum atomic E-state index is 12.4. The van der Waals surface area contributed by atoms with E-state index in [1.54, 1.807) is 6.07 Å². The van der Waals surface area contributed by atoms with Crippen LogP contribution < -0.4 is 5.32 Å². The third-order valence-electron chi connectivity index (χ3n) is 2.90. The fourth-order valence-corrected chi connectivity index (χ4v) is 2.09. The van der Waals surface area contributed by atoms with E-state index in [1.807, 2.05) is 7.05 Å². The molecule has 1 unspecified atom stereocenters. The first-order valence-electron chi connectivity index (χ1n) is 4.89. The van der Waals surface area contributed by atoms with Gasteiger partial charge in [0, 0.05) is 6.04 Å². The van der Waals surface area contributed by atoms with Crippen molar-refractivity contribution in [3.63, 3.8) is 0 Å². The minimum atomic E-state index is -4.23. The van der Waals surface area contributed by atoms with E-state index in [2.05, 4.69) is 5.32 Å². The monoisotopic (exact) mass is 215 g/mol. The molecule has 1 N–H and O–H groups in total. The zero-order valence-electron chi connectivity index (χ0n) is 8.36. The number of halogens is 3. The van der Waals surface area contributed by atoms with Gasteiger partial charge in [-0.2, -0.15) is 13.2 Å². The van der Waals surface area contributed by atoms with Gasteiger partial charge in [-0.05, 0) is 43.1 Å². The van der Waals surface area contributed by atoms with Crippen LogP contribution in [0.5, 0.6) is 0 Å². The van der Waals surface area contributed by atoms with Gasteiger partial charge in [0.15, 0.2) is 0 Å². The van der Waals surface area contributed by atoms with E-state index in [9.17, 15) is 13.2 Å². The van der Waals surface area contributed by atoms with E-state index in [-0.39, 0.29) is 6.04 Å². The molecule has 4 heteroatoms. The lowest BCUT2D eigenvalue weighted by Gasteiger charge is -2.12. The molecule has 0 saturated carbocycles. The molecule has 1 aromatic rings. The van der Waals surface area contributed by atoms with E-state index in [1.165, 1.54) is 6.07 Å². The van der Waals surface area contributed by atoms with Crippen molar-refractivity contribution < 1.29 is 13.2 Å². The second kappa shape index (κ2) is 3.52. The number of rotatable bonds is 1. The molecule has 0 heterocycles. The lowest BCUT2D eigenvalue weighted by atomic mass is 10.0. The van der Waals surface area contributed by atoms with Crippen molar-refractivity contribution in [1.29, 1.82) is 0 Å². The van der Waals surface area contributed by atoms with Crippen LogP contribution in [-0.4, -0.2) is 7.05 Å². The summed E-state index contributed by atoms with van der Waals surface area (Å²) >= 11 is 0. The van der Waals surface area contributed by atoms with Crippen LogP contribution in [0.2, 0.25) is 0 Å². The van der Waals surface area contributed by atoms with Crippen LogP contribution in [0.15, 0.2) is 18.2 Å². The van der Waals surface area contributed by atoms with Crippen molar-refractivity contribution in [2.24, 2.45) is 0 Å². The van der Waals surface area contributed by atoms with Gasteiger partial charge >= 0.3 is 6.18 Å². The van der Waals surface area contributed by atoms with Crippen LogP contribution in [0.1, 0.15) is 29.2 Å². The first kappa shape index (κ1) is 10.5. The minimum absolute atomic E-state index is 0.210. The molecule has 0 amide bonds. The third kappa shape index (κ3) is 1.86. The van der Waals surface area contributed by atoms with E-state index >= 15 is 0 Å². The van der Waals surface area contributed by atoms with Crippen molar-refractivity contribution in [2.75, 3.05) is 7.05 Å². The summed E-state index contributed by atoms with van der Waals surface area (Å²) < 4.78 is 37.3. The average molecular weight is 215 g/mol. The lowest BCUT2D eigenvalue weighted by molar-refractivity contribution is -0.137. The Bertz CT molecular complexity index is 371. The van der Waals surface area contributed by atoms with Crippen molar-refractivity contribution in [2.45, 2.75) is 25.1 Å².